The highest BCUT2D eigenvalue weighted by Crippen LogP contribution is 2.27. The molecule has 3 rings (SSSR count). The van der Waals surface area contributed by atoms with Crippen molar-refractivity contribution in [1.82, 2.24) is 4.31 Å². The lowest BCUT2D eigenvalue weighted by Crippen LogP contribution is -2.34. The molecule has 1 unspecified atom stereocenters. The summed E-state index contributed by atoms with van der Waals surface area (Å²) >= 11 is 0. The molecule has 0 radical (unpaired) electrons. The largest absolute Gasteiger partial charge is 0.245 e. The van der Waals surface area contributed by atoms with E-state index in [1.807, 2.05) is 60.7 Å². The van der Waals surface area contributed by atoms with Crippen molar-refractivity contribution in [1.29, 1.82) is 0 Å². The van der Waals surface area contributed by atoms with Gasteiger partial charge in [0.15, 0.2) is 0 Å². The summed E-state index contributed by atoms with van der Waals surface area (Å²) in [5.41, 5.74) is 1.57. The molecule has 4 heteroatoms. The Labute approximate surface area is 166 Å². The van der Waals surface area contributed by atoms with Crippen LogP contribution in [0.25, 0.3) is 0 Å². The van der Waals surface area contributed by atoms with E-state index in [2.05, 4.69) is 17.8 Å². The van der Waals surface area contributed by atoms with E-state index in [-0.39, 0.29) is 11.4 Å². The fraction of sp³-hybridized carbons (Fsp3) is 0.0833. The van der Waals surface area contributed by atoms with Crippen LogP contribution in [0.4, 0.5) is 0 Å². The standard InChI is InChI=1S/C24H19NO2S/c1-2-20-25(28(26,27)23-16-10-5-11-17-23)24(22-14-8-4-9-15-22)19-18-21-12-6-3-7-13-21/h1,3-17,24H,20H2. The molecule has 0 amide bonds. The Morgan fingerprint density at radius 3 is 1.93 bits per heavy atom. The molecule has 3 aromatic rings. The van der Waals surface area contributed by atoms with Gasteiger partial charge in [-0.15, -0.1) is 6.42 Å². The van der Waals surface area contributed by atoms with Gasteiger partial charge in [0.2, 0.25) is 10.0 Å². The normalized spacial score (nSPS) is 11.9. The van der Waals surface area contributed by atoms with Gasteiger partial charge in [-0.05, 0) is 29.8 Å². The average Bonchev–Trinajstić information content (AvgIpc) is 2.75. The highest BCUT2D eigenvalue weighted by molar-refractivity contribution is 7.89. The summed E-state index contributed by atoms with van der Waals surface area (Å²) in [6.45, 7) is -0.0831. The lowest BCUT2D eigenvalue weighted by molar-refractivity contribution is 0.410. The van der Waals surface area contributed by atoms with Crippen molar-refractivity contribution < 1.29 is 8.42 Å². The molecule has 0 aliphatic rings. The number of terminal acetylenes is 1. The van der Waals surface area contributed by atoms with Gasteiger partial charge in [0.1, 0.15) is 6.04 Å². The lowest BCUT2D eigenvalue weighted by atomic mass is 10.1. The van der Waals surface area contributed by atoms with Gasteiger partial charge in [-0.1, -0.05) is 84.5 Å². The second kappa shape index (κ2) is 9.06. The predicted octanol–water partition coefficient (Wildman–Crippen LogP) is 4.10. The molecular weight excluding hydrogens is 366 g/mol. The number of nitrogens with zero attached hydrogens (tertiary/aromatic N) is 1. The SMILES string of the molecule is C#CCN(C(C#Cc1ccccc1)c1ccccc1)S(=O)(=O)c1ccccc1. The van der Waals surface area contributed by atoms with Gasteiger partial charge >= 0.3 is 0 Å². The van der Waals surface area contributed by atoms with E-state index in [1.165, 1.54) is 4.31 Å². The first-order chi connectivity index (χ1) is 13.6. The van der Waals surface area contributed by atoms with Crippen LogP contribution in [-0.4, -0.2) is 19.3 Å². The fourth-order valence-corrected chi connectivity index (χ4v) is 4.23. The summed E-state index contributed by atoms with van der Waals surface area (Å²) in [5, 5.41) is 0. The van der Waals surface area contributed by atoms with Crippen LogP contribution >= 0.6 is 0 Å². The van der Waals surface area contributed by atoms with Crippen molar-refractivity contribution in [3.8, 4) is 24.2 Å². The van der Waals surface area contributed by atoms with Crippen LogP contribution in [0.1, 0.15) is 17.2 Å². The summed E-state index contributed by atoms with van der Waals surface area (Å²) < 4.78 is 27.9. The molecule has 28 heavy (non-hydrogen) atoms. The molecule has 0 spiro atoms. The van der Waals surface area contributed by atoms with Crippen molar-refractivity contribution in [3.63, 3.8) is 0 Å². The van der Waals surface area contributed by atoms with Gasteiger partial charge in [0.25, 0.3) is 0 Å². The van der Waals surface area contributed by atoms with E-state index in [1.54, 1.807) is 30.3 Å². The van der Waals surface area contributed by atoms with Crippen LogP contribution < -0.4 is 0 Å². The quantitative estimate of drug-likeness (QED) is 0.620. The Kier molecular flexibility index (Phi) is 6.29. The summed E-state index contributed by atoms with van der Waals surface area (Å²) in [4.78, 5) is 0.188. The van der Waals surface area contributed by atoms with Gasteiger partial charge < -0.3 is 0 Å². The van der Waals surface area contributed by atoms with Gasteiger partial charge in [0.05, 0.1) is 11.4 Å². The Bertz CT molecular complexity index is 1110. The molecular formula is C24H19NO2S. The zero-order chi connectivity index (χ0) is 19.8. The molecule has 0 saturated carbocycles. The van der Waals surface area contributed by atoms with Crippen LogP contribution in [0.3, 0.4) is 0 Å². The van der Waals surface area contributed by atoms with E-state index in [9.17, 15) is 8.42 Å². The third kappa shape index (κ3) is 4.50. The number of hydrogen-bond acceptors (Lipinski definition) is 2. The summed E-state index contributed by atoms with van der Waals surface area (Å²) in [7, 11) is -3.83. The zero-order valence-corrected chi connectivity index (χ0v) is 16.0. The van der Waals surface area contributed by atoms with E-state index >= 15 is 0 Å². The van der Waals surface area contributed by atoms with Gasteiger partial charge in [0, 0.05) is 5.56 Å². The molecule has 3 aromatic carbocycles. The predicted molar refractivity (Wildman–Crippen MR) is 112 cm³/mol. The van der Waals surface area contributed by atoms with E-state index < -0.39 is 16.1 Å². The highest BCUT2D eigenvalue weighted by atomic mass is 32.2. The monoisotopic (exact) mass is 385 g/mol. The Balaban J connectivity index is 2.11. The van der Waals surface area contributed by atoms with Crippen LogP contribution in [-0.2, 0) is 10.0 Å². The van der Waals surface area contributed by atoms with Crippen LogP contribution in [0.5, 0.6) is 0 Å². The Morgan fingerprint density at radius 1 is 0.821 bits per heavy atom. The molecule has 0 heterocycles. The maximum absolute atomic E-state index is 13.3. The third-order valence-electron chi connectivity index (χ3n) is 4.13. The number of sulfonamides is 1. The minimum atomic E-state index is -3.83. The van der Waals surface area contributed by atoms with Crippen LogP contribution in [0.2, 0.25) is 0 Å². The van der Waals surface area contributed by atoms with Crippen LogP contribution in [0, 0.1) is 24.2 Å². The molecule has 0 saturated heterocycles. The Morgan fingerprint density at radius 2 is 1.36 bits per heavy atom. The van der Waals surface area contributed by atoms with E-state index in [0.717, 1.165) is 11.1 Å². The number of hydrogen-bond donors (Lipinski definition) is 0. The first kappa shape index (κ1) is 19.5. The van der Waals surface area contributed by atoms with Gasteiger partial charge in [-0.2, -0.15) is 4.31 Å². The van der Waals surface area contributed by atoms with E-state index in [4.69, 9.17) is 6.42 Å². The minimum absolute atomic E-state index is 0.0831. The minimum Gasteiger partial charge on any atom is -0.207 e. The van der Waals surface area contributed by atoms with Crippen molar-refractivity contribution in [2.75, 3.05) is 6.54 Å². The van der Waals surface area contributed by atoms with Crippen molar-refractivity contribution in [2.24, 2.45) is 0 Å². The molecule has 0 fully saturated rings. The second-order valence-corrected chi connectivity index (χ2v) is 7.91. The molecule has 138 valence electrons. The fourth-order valence-electron chi connectivity index (χ4n) is 2.76. The highest BCUT2D eigenvalue weighted by Gasteiger charge is 2.31. The van der Waals surface area contributed by atoms with Crippen molar-refractivity contribution in [3.05, 3.63) is 102 Å². The second-order valence-electron chi connectivity index (χ2n) is 6.02. The number of rotatable bonds is 5. The Hall–Kier alpha value is -3.31. The molecule has 1 atom stereocenters. The van der Waals surface area contributed by atoms with Crippen molar-refractivity contribution >= 4 is 10.0 Å². The average molecular weight is 385 g/mol. The lowest BCUT2D eigenvalue weighted by Gasteiger charge is -2.26. The third-order valence-corrected chi connectivity index (χ3v) is 5.95. The summed E-state index contributed by atoms with van der Waals surface area (Å²) in [5.74, 6) is 8.67. The topological polar surface area (TPSA) is 37.4 Å². The first-order valence-electron chi connectivity index (χ1n) is 8.75. The maximum atomic E-state index is 13.3. The van der Waals surface area contributed by atoms with Gasteiger partial charge in [-0.3, -0.25) is 0 Å². The first-order valence-corrected chi connectivity index (χ1v) is 10.2. The van der Waals surface area contributed by atoms with E-state index in [0.29, 0.717) is 0 Å². The van der Waals surface area contributed by atoms with Crippen molar-refractivity contribution in [2.45, 2.75) is 10.9 Å². The van der Waals surface area contributed by atoms with Gasteiger partial charge in [-0.25, -0.2) is 8.42 Å². The molecule has 3 nitrogen and oxygen atoms in total. The molecule has 0 N–H and O–H groups in total. The molecule has 0 aliphatic heterocycles. The summed E-state index contributed by atoms with van der Waals surface area (Å²) in [6, 6.07) is 26.3. The smallest absolute Gasteiger partial charge is 0.207 e. The maximum Gasteiger partial charge on any atom is 0.245 e. The summed E-state index contributed by atoms with van der Waals surface area (Å²) in [6.07, 6.45) is 5.52. The number of benzene rings is 3. The molecule has 0 aromatic heterocycles. The molecule has 0 bridgehead atoms. The zero-order valence-electron chi connectivity index (χ0n) is 15.2. The molecule has 0 aliphatic carbocycles. The van der Waals surface area contributed by atoms with Crippen LogP contribution in [0.15, 0.2) is 95.9 Å².